The summed E-state index contributed by atoms with van der Waals surface area (Å²) in [5.74, 6) is 0.410. The van der Waals surface area contributed by atoms with E-state index in [-0.39, 0.29) is 17.9 Å². The van der Waals surface area contributed by atoms with E-state index < -0.39 is 0 Å². The lowest BCUT2D eigenvalue weighted by atomic mass is 9.88. The van der Waals surface area contributed by atoms with Crippen LogP contribution < -0.4 is 15.5 Å². The van der Waals surface area contributed by atoms with E-state index >= 15 is 0 Å². The summed E-state index contributed by atoms with van der Waals surface area (Å²) >= 11 is 0. The number of hydrogen-bond acceptors (Lipinski definition) is 3. The van der Waals surface area contributed by atoms with Crippen LogP contribution in [0.1, 0.15) is 45.4 Å². The maximum Gasteiger partial charge on any atom is 0.315 e. The minimum Gasteiger partial charge on any atom is -0.376 e. The highest BCUT2D eigenvalue weighted by atomic mass is 19.1. The molecular weight excluding hydrogens is 345 g/mol. The molecule has 6 heteroatoms. The zero-order chi connectivity index (χ0) is 19.1. The molecule has 0 spiro atoms. The van der Waals surface area contributed by atoms with Crippen molar-refractivity contribution in [2.75, 3.05) is 31.1 Å². The fourth-order valence-electron chi connectivity index (χ4n) is 4.08. The Morgan fingerprint density at radius 3 is 2.56 bits per heavy atom. The molecule has 2 atom stereocenters. The van der Waals surface area contributed by atoms with Crippen molar-refractivity contribution in [2.45, 2.75) is 57.6 Å². The fourth-order valence-corrected chi connectivity index (χ4v) is 4.08. The Morgan fingerprint density at radius 1 is 1.15 bits per heavy atom. The molecule has 2 unspecified atom stereocenters. The molecule has 1 aromatic carbocycles. The molecule has 0 bridgehead atoms. The number of nitrogens with zero attached hydrogens (tertiary/aromatic N) is 1. The molecule has 2 aliphatic rings. The molecule has 1 aliphatic carbocycles. The average Bonchev–Trinajstić information content (AvgIpc) is 2.68. The lowest BCUT2D eigenvalue weighted by Gasteiger charge is -2.34. The molecule has 1 aliphatic heterocycles. The molecule has 1 saturated heterocycles. The predicted octanol–water partition coefficient (Wildman–Crippen LogP) is 3.69. The molecular formula is C21H32FN3O2. The van der Waals surface area contributed by atoms with Gasteiger partial charge < -0.3 is 20.3 Å². The topological polar surface area (TPSA) is 53.6 Å². The van der Waals surface area contributed by atoms with E-state index in [2.05, 4.69) is 22.5 Å². The molecule has 0 radical (unpaired) electrons. The van der Waals surface area contributed by atoms with Gasteiger partial charge >= 0.3 is 6.03 Å². The summed E-state index contributed by atoms with van der Waals surface area (Å²) in [7, 11) is 0. The summed E-state index contributed by atoms with van der Waals surface area (Å²) in [6, 6.07) is 6.66. The van der Waals surface area contributed by atoms with Gasteiger partial charge in [0.1, 0.15) is 5.82 Å². The SMILES string of the molecule is CC1CCCCC1OCCNC(=O)NC1CCN(c2ccc(F)cc2)CC1. The number of benzene rings is 1. The van der Waals surface area contributed by atoms with E-state index in [1.165, 1.54) is 31.4 Å². The number of ether oxygens (including phenoxy) is 1. The van der Waals surface area contributed by atoms with E-state index in [4.69, 9.17) is 4.74 Å². The monoisotopic (exact) mass is 377 g/mol. The highest BCUT2D eigenvalue weighted by Crippen LogP contribution is 2.26. The molecule has 2 N–H and O–H groups in total. The summed E-state index contributed by atoms with van der Waals surface area (Å²) in [5, 5.41) is 5.96. The molecule has 150 valence electrons. The normalized spacial score (nSPS) is 23.9. The third-order valence-corrected chi connectivity index (χ3v) is 5.77. The van der Waals surface area contributed by atoms with Gasteiger partial charge in [-0.1, -0.05) is 19.8 Å². The molecule has 3 rings (SSSR count). The second-order valence-corrected chi connectivity index (χ2v) is 7.81. The van der Waals surface area contributed by atoms with Crippen molar-refractivity contribution in [3.05, 3.63) is 30.1 Å². The van der Waals surface area contributed by atoms with Gasteiger partial charge in [-0.2, -0.15) is 0 Å². The van der Waals surface area contributed by atoms with Crippen molar-refractivity contribution < 1.29 is 13.9 Å². The Morgan fingerprint density at radius 2 is 1.85 bits per heavy atom. The van der Waals surface area contributed by atoms with Gasteiger partial charge in [0, 0.05) is 31.4 Å². The first kappa shape index (κ1) is 19.9. The standard InChI is InChI=1S/C21H32FN3O2/c1-16-4-2-3-5-20(16)27-15-12-23-21(26)24-18-10-13-25(14-11-18)19-8-6-17(22)7-9-19/h6-9,16,18,20H,2-5,10-15H2,1H3,(H2,23,24,26). The van der Waals surface area contributed by atoms with Crippen LogP contribution in [0.3, 0.4) is 0 Å². The highest BCUT2D eigenvalue weighted by Gasteiger charge is 2.22. The summed E-state index contributed by atoms with van der Waals surface area (Å²) in [4.78, 5) is 14.3. The van der Waals surface area contributed by atoms with E-state index in [1.807, 2.05) is 12.1 Å². The van der Waals surface area contributed by atoms with Crippen LogP contribution in [0.15, 0.2) is 24.3 Å². The average molecular weight is 378 g/mol. The third-order valence-electron chi connectivity index (χ3n) is 5.77. The van der Waals surface area contributed by atoms with Crippen molar-refractivity contribution in [2.24, 2.45) is 5.92 Å². The van der Waals surface area contributed by atoms with Gasteiger partial charge in [-0.3, -0.25) is 0 Å². The minimum atomic E-state index is -0.214. The number of piperidine rings is 1. The molecule has 2 amide bonds. The van der Waals surface area contributed by atoms with Crippen LogP contribution in [0.5, 0.6) is 0 Å². The second-order valence-electron chi connectivity index (χ2n) is 7.81. The molecule has 1 saturated carbocycles. The van der Waals surface area contributed by atoms with Gasteiger partial charge in [-0.15, -0.1) is 0 Å². The smallest absolute Gasteiger partial charge is 0.315 e. The van der Waals surface area contributed by atoms with E-state index in [9.17, 15) is 9.18 Å². The minimum absolute atomic E-state index is 0.115. The number of carbonyl (C=O) groups is 1. The van der Waals surface area contributed by atoms with Crippen LogP contribution in [0.2, 0.25) is 0 Å². The first-order chi connectivity index (χ1) is 13.1. The quantitative estimate of drug-likeness (QED) is 0.744. The van der Waals surface area contributed by atoms with Crippen molar-refractivity contribution in [1.82, 2.24) is 10.6 Å². The molecule has 1 heterocycles. The Bertz CT molecular complexity index is 588. The summed E-state index contributed by atoms with van der Waals surface area (Å²) < 4.78 is 19.0. The number of hydrogen-bond donors (Lipinski definition) is 2. The first-order valence-corrected chi connectivity index (χ1v) is 10.3. The number of nitrogens with one attached hydrogen (secondary N) is 2. The fraction of sp³-hybridized carbons (Fsp3) is 0.667. The summed E-state index contributed by atoms with van der Waals surface area (Å²) in [6.07, 6.45) is 7.07. The zero-order valence-electron chi connectivity index (χ0n) is 16.3. The number of rotatable bonds is 6. The Kier molecular flexibility index (Phi) is 7.33. The lowest BCUT2D eigenvalue weighted by molar-refractivity contribution is -0.00245. The predicted molar refractivity (Wildman–Crippen MR) is 106 cm³/mol. The number of amides is 2. The summed E-state index contributed by atoms with van der Waals surface area (Å²) in [6.45, 7) is 5.09. The molecule has 27 heavy (non-hydrogen) atoms. The van der Waals surface area contributed by atoms with Gasteiger partial charge in [0.2, 0.25) is 0 Å². The van der Waals surface area contributed by atoms with Gasteiger partial charge in [-0.25, -0.2) is 9.18 Å². The van der Waals surface area contributed by atoms with Crippen LogP contribution >= 0.6 is 0 Å². The molecule has 1 aromatic rings. The van der Waals surface area contributed by atoms with Crippen LogP contribution in [0, 0.1) is 11.7 Å². The van der Waals surface area contributed by atoms with Gasteiger partial charge in [0.05, 0.1) is 12.7 Å². The first-order valence-electron chi connectivity index (χ1n) is 10.3. The van der Waals surface area contributed by atoms with Crippen molar-refractivity contribution in [1.29, 1.82) is 0 Å². The highest BCUT2D eigenvalue weighted by molar-refractivity contribution is 5.74. The maximum absolute atomic E-state index is 13.0. The van der Waals surface area contributed by atoms with Gasteiger partial charge in [-0.05, 0) is 55.9 Å². The van der Waals surface area contributed by atoms with Gasteiger partial charge in [0.15, 0.2) is 0 Å². The third kappa shape index (κ3) is 6.09. The number of carbonyl (C=O) groups excluding carboxylic acids is 1. The van der Waals surface area contributed by atoms with Crippen LogP contribution in [-0.4, -0.2) is 44.4 Å². The molecule has 0 aromatic heterocycles. The zero-order valence-corrected chi connectivity index (χ0v) is 16.3. The Hall–Kier alpha value is -1.82. The summed E-state index contributed by atoms with van der Waals surface area (Å²) in [5.41, 5.74) is 1.04. The Balaban J connectivity index is 1.29. The van der Waals surface area contributed by atoms with Gasteiger partial charge in [0.25, 0.3) is 0 Å². The van der Waals surface area contributed by atoms with Crippen LogP contribution in [-0.2, 0) is 4.74 Å². The number of urea groups is 1. The van der Waals surface area contributed by atoms with Crippen LogP contribution in [0.4, 0.5) is 14.9 Å². The molecule has 5 nitrogen and oxygen atoms in total. The van der Waals surface area contributed by atoms with E-state index in [0.29, 0.717) is 25.2 Å². The van der Waals surface area contributed by atoms with Crippen molar-refractivity contribution in [3.8, 4) is 0 Å². The second kappa shape index (κ2) is 9.93. The van der Waals surface area contributed by atoms with Crippen LogP contribution in [0.25, 0.3) is 0 Å². The number of halogens is 1. The van der Waals surface area contributed by atoms with Crippen molar-refractivity contribution in [3.63, 3.8) is 0 Å². The number of anilines is 1. The lowest BCUT2D eigenvalue weighted by Crippen LogP contribution is -2.48. The van der Waals surface area contributed by atoms with E-state index in [1.54, 1.807) is 0 Å². The van der Waals surface area contributed by atoms with Crippen molar-refractivity contribution >= 4 is 11.7 Å². The largest absolute Gasteiger partial charge is 0.376 e. The molecule has 2 fully saturated rings. The maximum atomic E-state index is 13.0. The Labute approximate surface area is 161 Å². The van der Waals surface area contributed by atoms with E-state index in [0.717, 1.165) is 38.0 Å².